The van der Waals surface area contributed by atoms with Gasteiger partial charge in [-0.15, -0.1) is 0 Å². The number of rotatable bonds is 1. The fourth-order valence-electron chi connectivity index (χ4n) is 0.711. The fourth-order valence-corrected chi connectivity index (χ4v) is 0.711. The molecular formula is C7H5BN2O. The first-order valence-corrected chi connectivity index (χ1v) is 2.97. The third-order valence-corrected chi connectivity index (χ3v) is 1.19. The Morgan fingerprint density at radius 2 is 2.45 bits per heavy atom. The highest BCUT2D eigenvalue weighted by molar-refractivity contribution is 6.32. The molecule has 1 heterocycles. The molecule has 2 radical (unpaired) electrons. The summed E-state index contributed by atoms with van der Waals surface area (Å²) in [7, 11) is 6.85. The van der Waals surface area contributed by atoms with Crippen LogP contribution in [0.15, 0.2) is 12.3 Å². The first-order chi connectivity index (χ1) is 5.27. The average Bonchev–Trinajstić information content (AvgIpc) is 2.04. The van der Waals surface area contributed by atoms with Crippen molar-refractivity contribution in [1.82, 2.24) is 4.98 Å². The Morgan fingerprint density at radius 1 is 1.73 bits per heavy atom. The van der Waals surface area contributed by atoms with Crippen molar-refractivity contribution in [2.24, 2.45) is 0 Å². The molecule has 0 spiro atoms. The summed E-state index contributed by atoms with van der Waals surface area (Å²) in [5.74, 6) is 0.307. The lowest BCUT2D eigenvalue weighted by Gasteiger charge is -2.00. The first kappa shape index (κ1) is 7.61. The Bertz CT molecular complexity index is 306. The summed E-state index contributed by atoms with van der Waals surface area (Å²) in [6.07, 6.45) is 1.44. The van der Waals surface area contributed by atoms with Gasteiger partial charge in [-0.3, -0.25) is 0 Å². The van der Waals surface area contributed by atoms with Crippen molar-refractivity contribution in [3.63, 3.8) is 0 Å². The lowest BCUT2D eigenvalue weighted by atomic mass is 9.97. The largest absolute Gasteiger partial charge is 0.480 e. The van der Waals surface area contributed by atoms with E-state index >= 15 is 0 Å². The quantitative estimate of drug-likeness (QED) is 0.510. The molecule has 0 aromatic carbocycles. The first-order valence-electron chi connectivity index (χ1n) is 2.97. The topological polar surface area (TPSA) is 45.9 Å². The molecule has 3 nitrogen and oxygen atoms in total. The maximum absolute atomic E-state index is 8.55. The van der Waals surface area contributed by atoms with Crippen LogP contribution in [0.4, 0.5) is 0 Å². The number of nitrogens with zero attached hydrogens (tertiary/aromatic N) is 2. The average molecular weight is 144 g/mol. The molecule has 0 atom stereocenters. The van der Waals surface area contributed by atoms with Crippen LogP contribution in [0.1, 0.15) is 5.56 Å². The zero-order valence-electron chi connectivity index (χ0n) is 6.03. The molecule has 11 heavy (non-hydrogen) atoms. The van der Waals surface area contributed by atoms with Crippen molar-refractivity contribution >= 4 is 13.3 Å². The Balaban J connectivity index is 3.19. The molecule has 0 N–H and O–H groups in total. The molecule has 0 amide bonds. The van der Waals surface area contributed by atoms with E-state index in [1.165, 1.54) is 19.4 Å². The van der Waals surface area contributed by atoms with Gasteiger partial charge in [0, 0.05) is 6.20 Å². The second kappa shape index (κ2) is 3.06. The van der Waals surface area contributed by atoms with Gasteiger partial charge in [0.05, 0.1) is 7.11 Å². The van der Waals surface area contributed by atoms with Gasteiger partial charge in [0.2, 0.25) is 5.88 Å². The van der Waals surface area contributed by atoms with Crippen LogP contribution in [0.2, 0.25) is 0 Å². The van der Waals surface area contributed by atoms with E-state index in [2.05, 4.69) is 4.98 Å². The number of nitriles is 1. The molecule has 0 saturated carbocycles. The monoisotopic (exact) mass is 144 g/mol. The molecular weight excluding hydrogens is 139 g/mol. The normalized spacial score (nSPS) is 8.73. The smallest absolute Gasteiger partial charge is 0.231 e. The molecule has 0 bridgehead atoms. The summed E-state index contributed by atoms with van der Waals surface area (Å²) in [6, 6.07) is 3.44. The van der Waals surface area contributed by atoms with Crippen molar-refractivity contribution in [3.05, 3.63) is 17.8 Å². The van der Waals surface area contributed by atoms with E-state index in [0.29, 0.717) is 16.9 Å². The molecule has 0 aliphatic rings. The lowest BCUT2D eigenvalue weighted by molar-refractivity contribution is 0.396. The van der Waals surface area contributed by atoms with Gasteiger partial charge in [-0.05, 0) is 6.07 Å². The maximum Gasteiger partial charge on any atom is 0.231 e. The van der Waals surface area contributed by atoms with Gasteiger partial charge in [0.15, 0.2) is 0 Å². The zero-order chi connectivity index (χ0) is 8.27. The second-order valence-electron chi connectivity index (χ2n) is 1.94. The van der Waals surface area contributed by atoms with Crippen LogP contribution >= 0.6 is 0 Å². The van der Waals surface area contributed by atoms with Gasteiger partial charge in [0.1, 0.15) is 19.5 Å². The number of pyridine rings is 1. The fraction of sp³-hybridized carbons (Fsp3) is 0.143. The van der Waals surface area contributed by atoms with Crippen molar-refractivity contribution in [2.75, 3.05) is 7.11 Å². The SMILES string of the molecule is [B]c1cnc(OC)c(C#N)c1. The molecule has 0 saturated heterocycles. The minimum Gasteiger partial charge on any atom is -0.480 e. The third kappa shape index (κ3) is 1.50. The maximum atomic E-state index is 8.55. The highest BCUT2D eigenvalue weighted by Gasteiger charge is 2.01. The van der Waals surface area contributed by atoms with Crippen molar-refractivity contribution < 1.29 is 4.74 Å². The van der Waals surface area contributed by atoms with E-state index in [4.69, 9.17) is 17.8 Å². The predicted octanol–water partition coefficient (Wildman–Crippen LogP) is -0.244. The second-order valence-corrected chi connectivity index (χ2v) is 1.94. The molecule has 0 unspecified atom stereocenters. The number of hydrogen-bond donors (Lipinski definition) is 0. The van der Waals surface area contributed by atoms with Gasteiger partial charge < -0.3 is 4.74 Å². The summed E-state index contributed by atoms with van der Waals surface area (Å²) in [5, 5.41) is 8.55. The summed E-state index contributed by atoms with van der Waals surface area (Å²) >= 11 is 0. The van der Waals surface area contributed by atoms with Gasteiger partial charge in [-0.1, -0.05) is 5.46 Å². The van der Waals surface area contributed by atoms with E-state index < -0.39 is 0 Å². The van der Waals surface area contributed by atoms with Gasteiger partial charge in [-0.2, -0.15) is 5.26 Å². The van der Waals surface area contributed by atoms with Gasteiger partial charge in [-0.25, -0.2) is 4.98 Å². The van der Waals surface area contributed by atoms with Crippen molar-refractivity contribution in [3.8, 4) is 11.9 Å². The Labute approximate surface area is 66.0 Å². The Kier molecular flexibility index (Phi) is 2.12. The number of ether oxygens (including phenoxy) is 1. The highest BCUT2D eigenvalue weighted by Crippen LogP contribution is 2.09. The van der Waals surface area contributed by atoms with E-state index in [1.807, 2.05) is 6.07 Å². The Hall–Kier alpha value is -1.50. The molecule has 1 aromatic rings. The zero-order valence-corrected chi connectivity index (χ0v) is 6.03. The number of aromatic nitrogens is 1. The summed E-state index contributed by atoms with van der Waals surface area (Å²) in [5.41, 5.74) is 0.815. The third-order valence-electron chi connectivity index (χ3n) is 1.19. The Morgan fingerprint density at radius 3 is 3.00 bits per heavy atom. The van der Waals surface area contributed by atoms with Crippen LogP contribution in [-0.4, -0.2) is 19.9 Å². The number of methoxy groups -OCH3 is 1. The van der Waals surface area contributed by atoms with Gasteiger partial charge in [0.25, 0.3) is 0 Å². The summed E-state index contributed by atoms with van der Waals surface area (Å²) < 4.78 is 4.80. The van der Waals surface area contributed by atoms with Crippen LogP contribution in [0, 0.1) is 11.3 Å². The lowest BCUT2D eigenvalue weighted by Crippen LogP contribution is -2.05. The highest BCUT2D eigenvalue weighted by atomic mass is 16.5. The van der Waals surface area contributed by atoms with Crippen LogP contribution in [0.25, 0.3) is 0 Å². The van der Waals surface area contributed by atoms with E-state index in [0.717, 1.165) is 0 Å². The molecule has 1 rings (SSSR count). The van der Waals surface area contributed by atoms with Crippen molar-refractivity contribution in [1.29, 1.82) is 5.26 Å². The van der Waals surface area contributed by atoms with Crippen LogP contribution in [-0.2, 0) is 0 Å². The summed E-state index contributed by atoms with van der Waals surface area (Å²) in [4.78, 5) is 3.80. The minimum absolute atomic E-state index is 0.307. The standard InChI is InChI=1S/C7H5BN2O/c1-11-7-5(3-9)2-6(8)4-10-7/h2,4H,1H3. The van der Waals surface area contributed by atoms with E-state index in [1.54, 1.807) is 0 Å². The molecule has 4 heteroatoms. The molecule has 0 aliphatic heterocycles. The molecule has 1 aromatic heterocycles. The van der Waals surface area contributed by atoms with E-state index in [-0.39, 0.29) is 0 Å². The van der Waals surface area contributed by atoms with Crippen molar-refractivity contribution in [2.45, 2.75) is 0 Å². The predicted molar refractivity (Wildman–Crippen MR) is 40.9 cm³/mol. The van der Waals surface area contributed by atoms with E-state index in [9.17, 15) is 0 Å². The number of hydrogen-bond acceptors (Lipinski definition) is 3. The molecule has 0 fully saturated rings. The molecule has 0 aliphatic carbocycles. The van der Waals surface area contributed by atoms with Crippen LogP contribution in [0.5, 0.6) is 5.88 Å². The summed E-state index contributed by atoms with van der Waals surface area (Å²) in [6.45, 7) is 0. The molecule has 52 valence electrons. The van der Waals surface area contributed by atoms with Crippen LogP contribution < -0.4 is 10.2 Å². The van der Waals surface area contributed by atoms with Crippen LogP contribution in [0.3, 0.4) is 0 Å². The van der Waals surface area contributed by atoms with Gasteiger partial charge >= 0.3 is 0 Å². The minimum atomic E-state index is 0.307.